The summed E-state index contributed by atoms with van der Waals surface area (Å²) in [4.78, 5) is 12.0. The van der Waals surface area contributed by atoms with E-state index >= 15 is 0 Å². The molecule has 4 aliphatic rings. The third-order valence-electron chi connectivity index (χ3n) is 14.6. The van der Waals surface area contributed by atoms with Crippen molar-refractivity contribution in [3.8, 4) is 0 Å². The van der Waals surface area contributed by atoms with E-state index in [1.54, 1.807) is 0 Å². The van der Waals surface area contributed by atoms with Gasteiger partial charge in [0.05, 0.1) is 5.60 Å². The molecule has 7 heteroatoms. The lowest BCUT2D eigenvalue weighted by Gasteiger charge is -2.66. The summed E-state index contributed by atoms with van der Waals surface area (Å²) in [6.07, 6.45) is 15.7. The van der Waals surface area contributed by atoms with Crippen LogP contribution in [-0.2, 0) is 9.53 Å². The molecule has 6 N–H and O–H groups in total. The molecule has 4 rings (SSSR count). The number of fused-ring (bicyclic) bond motifs is 5. The Hall–Kier alpha value is -0.730. The number of esters is 1. The molecule has 4 saturated carbocycles. The minimum Gasteiger partial charge on any atom is -0.462 e. The lowest BCUT2D eigenvalue weighted by Crippen LogP contribution is -2.71. The quantitative estimate of drug-likeness (QED) is 0.0778. The first-order valence-electron chi connectivity index (χ1n) is 20.1. The highest BCUT2D eigenvalue weighted by Crippen LogP contribution is 2.69. The van der Waals surface area contributed by atoms with Crippen molar-refractivity contribution in [3.05, 3.63) is 0 Å². The van der Waals surface area contributed by atoms with E-state index in [9.17, 15) is 9.90 Å². The summed E-state index contributed by atoms with van der Waals surface area (Å²) in [6, 6.07) is 0.0393. The minimum absolute atomic E-state index is 0.0393. The van der Waals surface area contributed by atoms with E-state index < -0.39 is 5.60 Å². The van der Waals surface area contributed by atoms with Crippen molar-refractivity contribution < 1.29 is 14.6 Å². The molecule has 4 aliphatic carbocycles. The lowest BCUT2D eigenvalue weighted by atomic mass is 9.42. The van der Waals surface area contributed by atoms with Gasteiger partial charge in [-0.1, -0.05) is 54.4 Å². The zero-order valence-corrected chi connectivity index (χ0v) is 31.7. The number of carbonyl (C=O) groups is 1. The Morgan fingerprint density at radius 2 is 1.55 bits per heavy atom. The summed E-state index contributed by atoms with van der Waals surface area (Å²) >= 11 is 0. The summed E-state index contributed by atoms with van der Waals surface area (Å²) in [5, 5.41) is 23.9. The molecule has 0 aromatic carbocycles. The van der Waals surface area contributed by atoms with Crippen molar-refractivity contribution in [2.75, 3.05) is 39.3 Å². The molecule has 0 radical (unpaired) electrons. The SMILES string of the molecule is CC(=O)OC1CC[C@]2(C)[C@H]3CC[C@]4(C)[C@@H]([C@H](C)CC[C@@H](C)C(C)C)CC[C@H]4[C@@H]3CC(NCCCNCCCCNCCCN)C2(O)C1. The summed E-state index contributed by atoms with van der Waals surface area (Å²) in [7, 11) is 0. The second kappa shape index (κ2) is 17.5. The fourth-order valence-corrected chi connectivity index (χ4v) is 11.4. The van der Waals surface area contributed by atoms with Crippen LogP contribution in [0.1, 0.15) is 138 Å². The Morgan fingerprint density at radius 3 is 2.21 bits per heavy atom. The van der Waals surface area contributed by atoms with Crippen LogP contribution >= 0.6 is 0 Å². The summed E-state index contributed by atoms with van der Waals surface area (Å²) < 4.78 is 5.79. The maximum Gasteiger partial charge on any atom is 0.302 e. The number of hydrogen-bond donors (Lipinski definition) is 5. The first-order chi connectivity index (χ1) is 22.4. The Bertz CT molecular complexity index is 964. The molecular formula is C40H76N4O3. The highest BCUT2D eigenvalue weighted by atomic mass is 16.5. The van der Waals surface area contributed by atoms with Crippen LogP contribution in [0.25, 0.3) is 0 Å². The number of nitrogens with two attached hydrogens (primary N) is 1. The van der Waals surface area contributed by atoms with Gasteiger partial charge in [0.2, 0.25) is 0 Å². The van der Waals surface area contributed by atoms with Gasteiger partial charge in [0.15, 0.2) is 0 Å². The predicted molar refractivity (Wildman–Crippen MR) is 195 cm³/mol. The van der Waals surface area contributed by atoms with Gasteiger partial charge >= 0.3 is 5.97 Å². The van der Waals surface area contributed by atoms with E-state index in [2.05, 4.69) is 57.5 Å². The molecule has 0 saturated heterocycles. The van der Waals surface area contributed by atoms with Crippen LogP contribution in [0.2, 0.25) is 0 Å². The van der Waals surface area contributed by atoms with Crippen molar-refractivity contribution >= 4 is 5.97 Å². The van der Waals surface area contributed by atoms with Crippen LogP contribution in [0, 0.1) is 52.3 Å². The average molecular weight is 661 g/mol. The van der Waals surface area contributed by atoms with Gasteiger partial charge in [0.1, 0.15) is 6.10 Å². The monoisotopic (exact) mass is 661 g/mol. The molecule has 7 nitrogen and oxygen atoms in total. The third-order valence-corrected chi connectivity index (χ3v) is 14.6. The normalized spacial score (nSPS) is 38.0. The Kier molecular flexibility index (Phi) is 14.5. The average Bonchev–Trinajstić information content (AvgIpc) is 3.38. The molecule has 3 unspecified atom stereocenters. The van der Waals surface area contributed by atoms with Gasteiger partial charge in [-0.15, -0.1) is 0 Å². The number of carbonyl (C=O) groups excluding carboxylic acids is 1. The summed E-state index contributed by atoms with van der Waals surface area (Å²) in [5.41, 5.74) is 4.97. The largest absolute Gasteiger partial charge is 0.462 e. The molecule has 47 heavy (non-hydrogen) atoms. The van der Waals surface area contributed by atoms with E-state index in [0.29, 0.717) is 23.7 Å². The van der Waals surface area contributed by atoms with Crippen LogP contribution in [0.15, 0.2) is 0 Å². The number of unbranched alkanes of at least 4 members (excludes halogenated alkanes) is 1. The molecule has 4 fully saturated rings. The molecule has 11 atom stereocenters. The molecule has 0 aliphatic heterocycles. The minimum atomic E-state index is -0.858. The standard InChI is InChI=1S/C40H76N4O3/c1-28(2)29(3)12-13-30(4)34-14-15-35-33-26-37(44-25-11-24-43-22-9-8-21-42-23-10-20-41)40(46)27-32(47-31(5)45)16-19-39(40,7)36(33)17-18-38(34,35)6/h28-30,32-37,42-44,46H,8-27,41H2,1-7H3/t29-,30-,32?,33+,34-,35+,36+,37?,38-,39-,40?/m1/s1. The zero-order valence-electron chi connectivity index (χ0n) is 31.7. The number of ether oxygens (including phenoxy) is 1. The van der Waals surface area contributed by atoms with Crippen LogP contribution in [-0.4, -0.2) is 68.1 Å². The predicted octanol–water partition coefficient (Wildman–Crippen LogP) is 6.67. The van der Waals surface area contributed by atoms with Gasteiger partial charge in [0.25, 0.3) is 0 Å². The number of hydrogen-bond acceptors (Lipinski definition) is 7. The molecule has 0 heterocycles. The second-order valence-electron chi connectivity index (χ2n) is 17.6. The van der Waals surface area contributed by atoms with Crippen molar-refractivity contribution in [3.63, 3.8) is 0 Å². The smallest absolute Gasteiger partial charge is 0.302 e. The van der Waals surface area contributed by atoms with E-state index in [1.807, 2.05) is 0 Å². The highest BCUT2D eigenvalue weighted by molar-refractivity contribution is 5.66. The van der Waals surface area contributed by atoms with E-state index in [1.165, 1.54) is 58.3 Å². The van der Waals surface area contributed by atoms with Gasteiger partial charge in [-0.2, -0.15) is 0 Å². The maximum absolute atomic E-state index is 12.8. The molecule has 0 aromatic rings. The van der Waals surface area contributed by atoms with E-state index in [4.69, 9.17) is 10.5 Å². The van der Waals surface area contributed by atoms with Gasteiger partial charge in [-0.05, 0) is 157 Å². The number of aliphatic hydroxyl groups is 1. The first kappa shape index (κ1) is 39.1. The van der Waals surface area contributed by atoms with E-state index in [-0.39, 0.29) is 23.5 Å². The van der Waals surface area contributed by atoms with Crippen molar-refractivity contribution in [2.45, 2.75) is 156 Å². The summed E-state index contributed by atoms with van der Waals surface area (Å²) in [6.45, 7) is 22.1. The molecular weight excluding hydrogens is 584 g/mol. The Labute approximate surface area is 289 Å². The first-order valence-corrected chi connectivity index (χ1v) is 20.1. The van der Waals surface area contributed by atoms with Crippen LogP contribution in [0.4, 0.5) is 0 Å². The lowest BCUT2D eigenvalue weighted by molar-refractivity contribution is -0.237. The van der Waals surface area contributed by atoms with Gasteiger partial charge in [-0.25, -0.2) is 0 Å². The highest BCUT2D eigenvalue weighted by Gasteiger charge is 2.67. The topological polar surface area (TPSA) is 109 Å². The Balaban J connectivity index is 1.40. The van der Waals surface area contributed by atoms with Crippen molar-refractivity contribution in [1.29, 1.82) is 0 Å². The van der Waals surface area contributed by atoms with Crippen LogP contribution in [0.3, 0.4) is 0 Å². The maximum atomic E-state index is 12.8. The van der Waals surface area contributed by atoms with Crippen LogP contribution < -0.4 is 21.7 Å². The van der Waals surface area contributed by atoms with Crippen molar-refractivity contribution in [2.24, 2.45) is 58.0 Å². The second-order valence-corrected chi connectivity index (χ2v) is 17.6. The van der Waals surface area contributed by atoms with Gasteiger partial charge in [-0.3, -0.25) is 4.79 Å². The summed E-state index contributed by atoms with van der Waals surface area (Å²) in [5.74, 6) is 4.90. The molecule has 0 bridgehead atoms. The van der Waals surface area contributed by atoms with Crippen molar-refractivity contribution in [1.82, 2.24) is 16.0 Å². The molecule has 0 aromatic heterocycles. The molecule has 0 spiro atoms. The number of rotatable bonds is 19. The van der Waals surface area contributed by atoms with Gasteiger partial charge in [0, 0.05) is 24.8 Å². The van der Waals surface area contributed by atoms with Crippen LogP contribution in [0.5, 0.6) is 0 Å². The fourth-order valence-electron chi connectivity index (χ4n) is 11.4. The third kappa shape index (κ3) is 8.96. The molecule has 274 valence electrons. The fraction of sp³-hybridized carbons (Fsp3) is 0.975. The zero-order chi connectivity index (χ0) is 34.2. The van der Waals surface area contributed by atoms with Gasteiger partial charge < -0.3 is 31.5 Å². The molecule has 0 amide bonds. The Morgan fingerprint density at radius 1 is 0.872 bits per heavy atom. The number of nitrogens with one attached hydrogen (secondary N) is 3. The van der Waals surface area contributed by atoms with E-state index in [0.717, 1.165) is 101 Å².